The van der Waals surface area contributed by atoms with Gasteiger partial charge in [0.25, 0.3) is 5.91 Å². The fourth-order valence-corrected chi connectivity index (χ4v) is 3.48. The first-order chi connectivity index (χ1) is 11.5. The topological polar surface area (TPSA) is 61.4 Å². The molecule has 126 valence electrons. The van der Waals surface area contributed by atoms with Crippen LogP contribution in [0.15, 0.2) is 35.7 Å². The molecule has 2 heterocycles. The van der Waals surface area contributed by atoms with Crippen molar-refractivity contribution >= 4 is 29.0 Å². The highest BCUT2D eigenvalue weighted by Crippen LogP contribution is 2.24. The van der Waals surface area contributed by atoms with E-state index in [0.29, 0.717) is 6.54 Å². The third-order valence-corrected chi connectivity index (χ3v) is 4.77. The van der Waals surface area contributed by atoms with Gasteiger partial charge in [-0.15, -0.1) is 11.3 Å². The fraction of sp³-hybridized carbons (Fsp3) is 0.333. The lowest BCUT2D eigenvalue weighted by Gasteiger charge is -2.29. The summed E-state index contributed by atoms with van der Waals surface area (Å²) in [6.07, 6.45) is 0.838. The van der Waals surface area contributed by atoms with Gasteiger partial charge in [-0.05, 0) is 55.0 Å². The monoisotopic (exact) mass is 343 g/mol. The number of hydrogen-bond donors (Lipinski definition) is 2. The smallest absolute Gasteiger partial charge is 0.319 e. The molecule has 5 nitrogen and oxygen atoms in total. The van der Waals surface area contributed by atoms with Crippen LogP contribution in [0.25, 0.3) is 0 Å². The van der Waals surface area contributed by atoms with Crippen LogP contribution in [0.1, 0.15) is 34.6 Å². The zero-order valence-electron chi connectivity index (χ0n) is 13.8. The Labute approximate surface area is 145 Å². The van der Waals surface area contributed by atoms with Crippen molar-refractivity contribution in [1.82, 2.24) is 10.2 Å². The van der Waals surface area contributed by atoms with Crippen LogP contribution in [0.3, 0.4) is 0 Å². The van der Waals surface area contributed by atoms with Gasteiger partial charge in [0, 0.05) is 24.8 Å². The summed E-state index contributed by atoms with van der Waals surface area (Å²) in [5, 5.41) is 7.56. The summed E-state index contributed by atoms with van der Waals surface area (Å²) in [7, 11) is 0. The average molecular weight is 343 g/mol. The van der Waals surface area contributed by atoms with Crippen LogP contribution in [0, 0.1) is 0 Å². The Morgan fingerprint density at radius 2 is 2.04 bits per heavy atom. The second kappa shape index (κ2) is 7.05. The summed E-state index contributed by atoms with van der Waals surface area (Å²) in [6.45, 7) is 5.14. The molecule has 3 rings (SSSR count). The van der Waals surface area contributed by atoms with Crippen LogP contribution in [0.2, 0.25) is 0 Å². The first-order valence-corrected chi connectivity index (χ1v) is 8.93. The van der Waals surface area contributed by atoms with Crippen LogP contribution in [-0.2, 0) is 13.0 Å². The SMILES string of the molecule is CC(C)NC(=O)Nc1ccc2c(c1)CN(C(=O)c1cccs1)CC2. The van der Waals surface area contributed by atoms with Crippen molar-refractivity contribution in [2.45, 2.75) is 32.9 Å². The van der Waals surface area contributed by atoms with E-state index in [9.17, 15) is 9.59 Å². The summed E-state index contributed by atoms with van der Waals surface area (Å²) in [6, 6.07) is 9.53. The molecule has 3 amide bonds. The molecule has 1 aliphatic rings. The Morgan fingerprint density at radius 3 is 2.75 bits per heavy atom. The Bertz CT molecular complexity index is 741. The van der Waals surface area contributed by atoms with Gasteiger partial charge < -0.3 is 15.5 Å². The van der Waals surface area contributed by atoms with Crippen molar-refractivity contribution in [2.24, 2.45) is 0 Å². The van der Waals surface area contributed by atoms with E-state index in [1.165, 1.54) is 16.9 Å². The predicted molar refractivity (Wildman–Crippen MR) is 96.5 cm³/mol. The Morgan fingerprint density at radius 1 is 1.21 bits per heavy atom. The molecule has 0 fully saturated rings. The normalized spacial score (nSPS) is 13.5. The highest BCUT2D eigenvalue weighted by atomic mass is 32.1. The Balaban J connectivity index is 1.72. The highest BCUT2D eigenvalue weighted by molar-refractivity contribution is 7.12. The van der Waals surface area contributed by atoms with E-state index in [1.54, 1.807) is 0 Å². The summed E-state index contributed by atoms with van der Waals surface area (Å²) in [5.74, 6) is 0.0755. The van der Waals surface area contributed by atoms with E-state index in [4.69, 9.17) is 0 Å². The van der Waals surface area contributed by atoms with E-state index in [2.05, 4.69) is 10.6 Å². The molecule has 6 heteroatoms. The van der Waals surface area contributed by atoms with Crippen molar-refractivity contribution in [3.8, 4) is 0 Å². The van der Waals surface area contributed by atoms with Crippen LogP contribution >= 0.6 is 11.3 Å². The van der Waals surface area contributed by atoms with Gasteiger partial charge in [-0.25, -0.2) is 4.79 Å². The molecule has 1 aliphatic heterocycles. The van der Waals surface area contributed by atoms with Gasteiger partial charge in [-0.2, -0.15) is 0 Å². The molecule has 0 unspecified atom stereocenters. The van der Waals surface area contributed by atoms with E-state index >= 15 is 0 Å². The van der Waals surface area contributed by atoms with Crippen molar-refractivity contribution < 1.29 is 9.59 Å². The molecule has 2 aromatic rings. The largest absolute Gasteiger partial charge is 0.336 e. The molecular weight excluding hydrogens is 322 g/mol. The van der Waals surface area contributed by atoms with Crippen molar-refractivity contribution in [2.75, 3.05) is 11.9 Å². The van der Waals surface area contributed by atoms with Crippen molar-refractivity contribution in [3.05, 3.63) is 51.7 Å². The number of rotatable bonds is 3. The number of anilines is 1. The number of benzene rings is 1. The predicted octanol–water partition coefficient (Wildman–Crippen LogP) is 3.48. The molecule has 0 radical (unpaired) electrons. The number of carbonyl (C=O) groups is 2. The van der Waals surface area contributed by atoms with Gasteiger partial charge in [0.15, 0.2) is 0 Å². The van der Waals surface area contributed by atoms with Crippen LogP contribution in [0.5, 0.6) is 0 Å². The van der Waals surface area contributed by atoms with Crippen molar-refractivity contribution in [1.29, 1.82) is 0 Å². The molecule has 0 spiro atoms. The number of hydrogen-bond acceptors (Lipinski definition) is 3. The van der Waals surface area contributed by atoms with Gasteiger partial charge in [-0.1, -0.05) is 12.1 Å². The number of nitrogens with one attached hydrogen (secondary N) is 2. The lowest BCUT2D eigenvalue weighted by atomic mass is 9.99. The van der Waals surface area contributed by atoms with E-state index in [0.717, 1.165) is 29.1 Å². The zero-order chi connectivity index (χ0) is 17.1. The third kappa shape index (κ3) is 3.76. The molecule has 0 saturated heterocycles. The van der Waals surface area contributed by atoms with Gasteiger partial charge in [0.2, 0.25) is 0 Å². The quantitative estimate of drug-likeness (QED) is 0.896. The van der Waals surface area contributed by atoms with E-state index < -0.39 is 0 Å². The van der Waals surface area contributed by atoms with Crippen LogP contribution in [-0.4, -0.2) is 29.4 Å². The highest BCUT2D eigenvalue weighted by Gasteiger charge is 2.22. The lowest BCUT2D eigenvalue weighted by Crippen LogP contribution is -2.36. The lowest BCUT2D eigenvalue weighted by molar-refractivity contribution is 0.0739. The number of amides is 3. The number of urea groups is 1. The standard InChI is InChI=1S/C18H21N3O2S/c1-12(2)19-18(23)20-15-6-5-13-7-8-21(11-14(13)10-15)17(22)16-4-3-9-24-16/h3-6,9-10,12H,7-8,11H2,1-2H3,(H2,19,20,23). The zero-order valence-corrected chi connectivity index (χ0v) is 14.7. The molecule has 2 N–H and O–H groups in total. The first-order valence-electron chi connectivity index (χ1n) is 8.05. The maximum atomic E-state index is 12.5. The van der Waals surface area contributed by atoms with Gasteiger partial charge in [0.05, 0.1) is 4.88 Å². The first kappa shape index (κ1) is 16.5. The molecule has 0 saturated carbocycles. The Hall–Kier alpha value is -2.34. The molecule has 24 heavy (non-hydrogen) atoms. The van der Waals surface area contributed by atoms with E-state index in [-0.39, 0.29) is 18.0 Å². The molecule has 1 aromatic heterocycles. The molecule has 0 bridgehead atoms. The Kier molecular flexibility index (Phi) is 4.85. The van der Waals surface area contributed by atoms with E-state index in [1.807, 2.05) is 54.5 Å². The molecule has 0 atom stereocenters. The van der Waals surface area contributed by atoms with Crippen molar-refractivity contribution in [3.63, 3.8) is 0 Å². The number of carbonyl (C=O) groups excluding carboxylic acids is 2. The number of nitrogens with zero attached hydrogens (tertiary/aromatic N) is 1. The average Bonchev–Trinajstić information content (AvgIpc) is 3.07. The summed E-state index contributed by atoms with van der Waals surface area (Å²) in [5.41, 5.74) is 3.07. The second-order valence-corrected chi connectivity index (χ2v) is 7.14. The minimum absolute atomic E-state index is 0.0755. The van der Waals surface area contributed by atoms with Gasteiger partial charge in [0.1, 0.15) is 0 Å². The number of fused-ring (bicyclic) bond motifs is 1. The maximum absolute atomic E-state index is 12.5. The fourth-order valence-electron chi connectivity index (χ4n) is 2.79. The summed E-state index contributed by atoms with van der Waals surface area (Å²) >= 11 is 1.47. The minimum atomic E-state index is -0.215. The molecule has 1 aromatic carbocycles. The molecular formula is C18H21N3O2S. The maximum Gasteiger partial charge on any atom is 0.319 e. The van der Waals surface area contributed by atoms with Crippen LogP contribution in [0.4, 0.5) is 10.5 Å². The summed E-state index contributed by atoms with van der Waals surface area (Å²) < 4.78 is 0. The van der Waals surface area contributed by atoms with Gasteiger partial charge >= 0.3 is 6.03 Å². The second-order valence-electron chi connectivity index (χ2n) is 6.19. The van der Waals surface area contributed by atoms with Crippen LogP contribution < -0.4 is 10.6 Å². The number of thiophene rings is 1. The third-order valence-electron chi connectivity index (χ3n) is 3.92. The van der Waals surface area contributed by atoms with Gasteiger partial charge in [-0.3, -0.25) is 4.79 Å². The molecule has 0 aliphatic carbocycles. The minimum Gasteiger partial charge on any atom is -0.336 e. The summed E-state index contributed by atoms with van der Waals surface area (Å²) in [4.78, 5) is 27.0.